The number of hydrogen-bond acceptors (Lipinski definition) is 5. The number of aryl methyl sites for hydroxylation is 1. The fraction of sp³-hybridized carbons (Fsp3) is 0.179. The van der Waals surface area contributed by atoms with Crippen molar-refractivity contribution in [2.45, 2.75) is 6.92 Å². The van der Waals surface area contributed by atoms with Gasteiger partial charge in [-0.25, -0.2) is 9.18 Å². The maximum absolute atomic E-state index is 13.4. The van der Waals surface area contributed by atoms with Crippen LogP contribution in [0.3, 0.4) is 0 Å². The molecule has 3 amide bonds. The molecule has 0 aliphatic carbocycles. The summed E-state index contributed by atoms with van der Waals surface area (Å²) < 4.78 is 19.3. The molecule has 190 valence electrons. The van der Waals surface area contributed by atoms with Crippen LogP contribution in [0.5, 0.6) is 5.75 Å². The third-order valence-corrected chi connectivity index (χ3v) is 6.07. The van der Waals surface area contributed by atoms with Crippen LogP contribution in [0.4, 0.5) is 14.9 Å². The second-order valence-corrected chi connectivity index (χ2v) is 8.62. The highest BCUT2D eigenvalue weighted by molar-refractivity contribution is 6.06. The van der Waals surface area contributed by atoms with Crippen LogP contribution in [0, 0.1) is 18.2 Å². The molecule has 1 aliphatic heterocycles. The molecule has 0 radical (unpaired) electrons. The zero-order valence-corrected chi connectivity index (χ0v) is 20.4. The first-order valence-corrected chi connectivity index (χ1v) is 11.8. The first kappa shape index (κ1) is 25.4. The summed E-state index contributed by atoms with van der Waals surface area (Å²) >= 11 is 0. The Morgan fingerprint density at radius 3 is 1.97 bits per heavy atom. The van der Waals surface area contributed by atoms with Crippen molar-refractivity contribution in [1.29, 1.82) is 5.41 Å². The third-order valence-electron chi connectivity index (χ3n) is 6.07. The second kappa shape index (κ2) is 11.4. The van der Waals surface area contributed by atoms with Crippen LogP contribution < -0.4 is 15.8 Å². The maximum Gasteiger partial charge on any atom is 0.314 e. The summed E-state index contributed by atoms with van der Waals surface area (Å²) in [6.45, 7) is 3.47. The van der Waals surface area contributed by atoms with Gasteiger partial charge in [0.25, 0.3) is 5.91 Å². The highest BCUT2D eigenvalue weighted by Crippen LogP contribution is 2.25. The zero-order chi connectivity index (χ0) is 26.4. The largest absolute Gasteiger partial charge is 0.449 e. The van der Waals surface area contributed by atoms with E-state index in [9.17, 15) is 14.0 Å². The Kier molecular flexibility index (Phi) is 7.83. The molecule has 1 fully saturated rings. The summed E-state index contributed by atoms with van der Waals surface area (Å²) in [4.78, 5) is 28.3. The van der Waals surface area contributed by atoms with Crippen LogP contribution in [0.15, 0.2) is 84.3 Å². The average Bonchev–Trinajstić information content (AvgIpc) is 2.91. The number of primary amides is 1. The van der Waals surface area contributed by atoms with E-state index in [4.69, 9.17) is 15.9 Å². The van der Waals surface area contributed by atoms with Gasteiger partial charge < -0.3 is 31.0 Å². The van der Waals surface area contributed by atoms with E-state index in [0.29, 0.717) is 37.6 Å². The molecule has 1 saturated heterocycles. The van der Waals surface area contributed by atoms with E-state index in [1.165, 1.54) is 17.0 Å². The number of halogens is 1. The van der Waals surface area contributed by atoms with E-state index in [1.807, 2.05) is 36.1 Å². The van der Waals surface area contributed by atoms with Crippen LogP contribution in [-0.4, -0.2) is 54.1 Å². The molecule has 4 rings (SSSR count). The first-order chi connectivity index (χ1) is 17.8. The minimum absolute atomic E-state index is 0.0439. The lowest BCUT2D eigenvalue weighted by Crippen LogP contribution is -2.50. The maximum atomic E-state index is 13.4. The second-order valence-electron chi connectivity index (χ2n) is 8.62. The first-order valence-electron chi connectivity index (χ1n) is 11.8. The van der Waals surface area contributed by atoms with Gasteiger partial charge in [-0.1, -0.05) is 42.0 Å². The lowest BCUT2D eigenvalue weighted by Gasteiger charge is -2.35. The van der Waals surface area contributed by atoms with Crippen molar-refractivity contribution in [1.82, 2.24) is 9.80 Å². The number of nitrogens with two attached hydrogens (primary N) is 1. The van der Waals surface area contributed by atoms with Crippen molar-refractivity contribution in [3.05, 3.63) is 95.6 Å². The summed E-state index contributed by atoms with van der Waals surface area (Å²) in [6, 6.07) is 20.1. The summed E-state index contributed by atoms with van der Waals surface area (Å²) in [7, 11) is 0. The standard InChI is InChI=1S/C28H28FN5O3/c1-19-2-10-23(11-3-19)32-27(35)26(25(18-30)33-14-16-34(17-15-33)28(31)36)37-24-12-6-21(7-13-24)20-4-8-22(29)9-5-20/h2-13,18,30H,14-17H2,1H3,(H2,31,36)(H,32,35)/b26-25-,30-18?. The molecule has 3 aromatic rings. The number of hydrogen-bond donors (Lipinski definition) is 3. The van der Waals surface area contributed by atoms with E-state index in [-0.39, 0.29) is 17.3 Å². The Morgan fingerprint density at radius 1 is 0.892 bits per heavy atom. The molecule has 0 atom stereocenters. The molecule has 4 N–H and O–H groups in total. The molecule has 0 aromatic heterocycles. The molecule has 0 bridgehead atoms. The van der Waals surface area contributed by atoms with Gasteiger partial charge in [0.2, 0.25) is 5.76 Å². The van der Waals surface area contributed by atoms with Crippen LogP contribution in [0.1, 0.15) is 5.56 Å². The summed E-state index contributed by atoms with van der Waals surface area (Å²) in [5.74, 6) is -0.469. The number of nitrogens with zero attached hydrogens (tertiary/aromatic N) is 2. The molecular weight excluding hydrogens is 473 g/mol. The lowest BCUT2D eigenvalue weighted by atomic mass is 10.1. The summed E-state index contributed by atoms with van der Waals surface area (Å²) in [5, 5.41) is 10.9. The van der Waals surface area contributed by atoms with Gasteiger partial charge in [0, 0.05) is 38.1 Å². The van der Waals surface area contributed by atoms with E-state index in [0.717, 1.165) is 22.9 Å². The molecule has 3 aromatic carbocycles. The van der Waals surface area contributed by atoms with Gasteiger partial charge in [-0.05, 0) is 54.4 Å². The smallest absolute Gasteiger partial charge is 0.314 e. The van der Waals surface area contributed by atoms with Gasteiger partial charge in [-0.15, -0.1) is 0 Å². The number of piperazine rings is 1. The number of carbonyl (C=O) groups is 2. The van der Waals surface area contributed by atoms with Gasteiger partial charge in [0.05, 0.1) is 0 Å². The third kappa shape index (κ3) is 6.32. The monoisotopic (exact) mass is 501 g/mol. The lowest BCUT2D eigenvalue weighted by molar-refractivity contribution is -0.115. The predicted octanol–water partition coefficient (Wildman–Crippen LogP) is 4.38. The highest BCUT2D eigenvalue weighted by Gasteiger charge is 2.26. The molecular formula is C28H28FN5O3. The molecule has 37 heavy (non-hydrogen) atoms. The highest BCUT2D eigenvalue weighted by atomic mass is 19.1. The number of allylic oxidation sites excluding steroid dienone is 1. The Morgan fingerprint density at radius 2 is 1.43 bits per heavy atom. The molecule has 9 heteroatoms. The van der Waals surface area contributed by atoms with E-state index in [1.54, 1.807) is 36.4 Å². The van der Waals surface area contributed by atoms with Crippen LogP contribution >= 0.6 is 0 Å². The Labute approximate surface area is 214 Å². The molecule has 1 aliphatic rings. The summed E-state index contributed by atoms with van der Waals surface area (Å²) in [6.07, 6.45) is 1.08. The summed E-state index contributed by atoms with van der Waals surface area (Å²) in [5.41, 5.74) is 9.02. The number of benzene rings is 3. The van der Waals surface area contributed by atoms with Crippen molar-refractivity contribution in [3.8, 4) is 16.9 Å². The van der Waals surface area contributed by atoms with Gasteiger partial charge in [-0.3, -0.25) is 4.79 Å². The van der Waals surface area contributed by atoms with E-state index < -0.39 is 11.9 Å². The van der Waals surface area contributed by atoms with Gasteiger partial charge in [0.15, 0.2) is 0 Å². The van der Waals surface area contributed by atoms with Gasteiger partial charge in [-0.2, -0.15) is 0 Å². The Hall–Kier alpha value is -4.66. The fourth-order valence-corrected chi connectivity index (χ4v) is 3.98. The van der Waals surface area contributed by atoms with Crippen molar-refractivity contribution in [2.75, 3.05) is 31.5 Å². The van der Waals surface area contributed by atoms with Crippen LogP contribution in [0.25, 0.3) is 11.1 Å². The SMILES string of the molecule is Cc1ccc(NC(=O)/C(Oc2ccc(-c3ccc(F)cc3)cc2)=C(\C=N)N2CCN(C(N)=O)CC2)cc1. The average molecular weight is 502 g/mol. The number of nitrogens with one attached hydrogen (secondary N) is 2. The van der Waals surface area contributed by atoms with Crippen molar-refractivity contribution in [2.24, 2.45) is 5.73 Å². The molecule has 8 nitrogen and oxygen atoms in total. The van der Waals surface area contributed by atoms with E-state index in [2.05, 4.69) is 5.32 Å². The molecule has 0 saturated carbocycles. The number of amides is 3. The van der Waals surface area contributed by atoms with Crippen LogP contribution in [-0.2, 0) is 4.79 Å². The Bertz CT molecular complexity index is 1300. The number of anilines is 1. The van der Waals surface area contributed by atoms with Gasteiger partial charge in [0.1, 0.15) is 17.3 Å². The van der Waals surface area contributed by atoms with Gasteiger partial charge >= 0.3 is 6.03 Å². The fourth-order valence-electron chi connectivity index (χ4n) is 3.98. The number of ether oxygens (including phenoxy) is 1. The Balaban J connectivity index is 1.62. The molecule has 0 spiro atoms. The minimum atomic E-state index is -0.512. The predicted molar refractivity (Wildman–Crippen MR) is 141 cm³/mol. The van der Waals surface area contributed by atoms with Crippen molar-refractivity contribution < 1.29 is 18.7 Å². The topological polar surface area (TPSA) is 112 Å². The minimum Gasteiger partial charge on any atom is -0.449 e. The number of carbonyl (C=O) groups excluding carboxylic acids is 2. The van der Waals surface area contributed by atoms with Crippen LogP contribution in [0.2, 0.25) is 0 Å². The van der Waals surface area contributed by atoms with E-state index >= 15 is 0 Å². The normalized spacial score (nSPS) is 14.0. The molecule has 1 heterocycles. The zero-order valence-electron chi connectivity index (χ0n) is 20.4. The number of rotatable bonds is 7. The quantitative estimate of drug-likeness (QED) is 0.253. The van der Waals surface area contributed by atoms with Crippen molar-refractivity contribution >= 4 is 23.8 Å². The van der Waals surface area contributed by atoms with Crippen molar-refractivity contribution in [3.63, 3.8) is 0 Å². The molecule has 0 unspecified atom stereocenters. The number of urea groups is 1.